The van der Waals surface area contributed by atoms with E-state index in [0.717, 1.165) is 25.7 Å². The van der Waals surface area contributed by atoms with Gasteiger partial charge in [0, 0.05) is 0 Å². The highest BCUT2D eigenvalue weighted by Crippen LogP contribution is 2.59. The molecule has 0 heterocycles. The number of hydrogen-bond donors (Lipinski definition) is 1. The number of benzene rings is 1. The number of fused-ring (bicyclic) bond motifs is 5. The predicted molar refractivity (Wildman–Crippen MR) is 96.3 cm³/mol. The van der Waals surface area contributed by atoms with Crippen molar-refractivity contribution in [2.75, 3.05) is 0 Å². The molecule has 2 nitrogen and oxygen atoms in total. The molecule has 0 spiro atoms. The van der Waals surface area contributed by atoms with Gasteiger partial charge in [0.25, 0.3) is 0 Å². The van der Waals surface area contributed by atoms with Gasteiger partial charge in [0.05, 0.1) is 5.92 Å². The summed E-state index contributed by atoms with van der Waals surface area (Å²) in [5.74, 6) is 0.534. The number of aliphatic carboxylic acids is 1. The quantitative estimate of drug-likeness (QED) is 0.724. The highest BCUT2D eigenvalue weighted by molar-refractivity contribution is 5.70. The molecule has 0 amide bonds. The van der Waals surface area contributed by atoms with Crippen LogP contribution in [-0.2, 0) is 11.2 Å². The van der Waals surface area contributed by atoms with E-state index in [1.807, 2.05) is 0 Å². The van der Waals surface area contributed by atoms with Crippen molar-refractivity contribution < 1.29 is 9.90 Å². The molecule has 0 aromatic heterocycles. The molecule has 1 aromatic carbocycles. The van der Waals surface area contributed by atoms with E-state index < -0.39 is 5.97 Å². The number of carboxylic acids is 1. The van der Waals surface area contributed by atoms with Crippen LogP contribution in [0.25, 0.3) is 0 Å². The van der Waals surface area contributed by atoms with Crippen LogP contribution in [0.4, 0.5) is 0 Å². The van der Waals surface area contributed by atoms with Gasteiger partial charge < -0.3 is 5.11 Å². The molecule has 0 unspecified atom stereocenters. The molecule has 3 aliphatic carbocycles. The van der Waals surface area contributed by atoms with Gasteiger partial charge in [-0.05, 0) is 91.9 Å². The number of hydrogen-bond acceptors (Lipinski definition) is 1. The Morgan fingerprint density at radius 3 is 2.79 bits per heavy atom. The van der Waals surface area contributed by atoms with Crippen LogP contribution in [0.1, 0.15) is 67.2 Å². The Morgan fingerprint density at radius 1 is 1.25 bits per heavy atom. The lowest BCUT2D eigenvalue weighted by Crippen LogP contribution is -2.43. The van der Waals surface area contributed by atoms with Crippen molar-refractivity contribution in [1.82, 2.24) is 0 Å². The van der Waals surface area contributed by atoms with Crippen molar-refractivity contribution in [3.05, 3.63) is 46.0 Å². The molecule has 0 saturated heterocycles. The molecule has 1 saturated carbocycles. The summed E-state index contributed by atoms with van der Waals surface area (Å²) in [6, 6.07) is 4.67. The molecule has 128 valence electrons. The highest BCUT2D eigenvalue weighted by atomic mass is 16.4. The van der Waals surface area contributed by atoms with Crippen molar-refractivity contribution in [3.8, 4) is 0 Å². The predicted octanol–water partition coefficient (Wildman–Crippen LogP) is 5.17. The molecule has 1 aromatic rings. The van der Waals surface area contributed by atoms with Crippen LogP contribution in [0.15, 0.2) is 23.8 Å². The zero-order valence-corrected chi connectivity index (χ0v) is 15.1. The first kappa shape index (κ1) is 15.9. The van der Waals surface area contributed by atoms with Gasteiger partial charge in [-0.15, -0.1) is 0 Å². The average molecular weight is 324 g/mol. The molecule has 24 heavy (non-hydrogen) atoms. The van der Waals surface area contributed by atoms with Crippen LogP contribution in [-0.4, -0.2) is 11.1 Å². The van der Waals surface area contributed by atoms with Crippen molar-refractivity contribution in [3.63, 3.8) is 0 Å². The maximum atomic E-state index is 11.4. The van der Waals surface area contributed by atoms with E-state index >= 15 is 0 Å². The minimum Gasteiger partial charge on any atom is -0.481 e. The molecule has 2 heteroatoms. The van der Waals surface area contributed by atoms with Crippen molar-refractivity contribution >= 4 is 5.97 Å². The molecule has 1 fully saturated rings. The normalized spacial score (nSPS) is 34.6. The van der Waals surface area contributed by atoms with Crippen LogP contribution in [0.2, 0.25) is 0 Å². The van der Waals surface area contributed by atoms with E-state index in [9.17, 15) is 9.90 Å². The largest absolute Gasteiger partial charge is 0.481 e. The number of carboxylic acid groups (broad SMARTS) is 1. The summed E-state index contributed by atoms with van der Waals surface area (Å²) in [7, 11) is 0. The van der Waals surface area contributed by atoms with Gasteiger partial charge in [0.2, 0.25) is 0 Å². The van der Waals surface area contributed by atoms with Crippen LogP contribution in [0.5, 0.6) is 0 Å². The maximum absolute atomic E-state index is 11.4. The first-order valence-corrected chi connectivity index (χ1v) is 9.43. The van der Waals surface area contributed by atoms with Gasteiger partial charge in [0.1, 0.15) is 0 Å². The Bertz CT molecular complexity index is 730. The summed E-state index contributed by atoms with van der Waals surface area (Å²) < 4.78 is 0. The Morgan fingerprint density at radius 2 is 2.04 bits per heavy atom. The Hall–Kier alpha value is -1.57. The SMILES string of the molecule is Cc1ccc2c(c1C)CC[C@@H]1[C@@H]2CC=C2C[C@@H](C(=O)O)CC[C@@]21C. The van der Waals surface area contributed by atoms with Gasteiger partial charge in [-0.1, -0.05) is 30.7 Å². The maximum Gasteiger partial charge on any atom is 0.306 e. The third-order valence-corrected chi connectivity index (χ3v) is 7.49. The summed E-state index contributed by atoms with van der Waals surface area (Å²) in [4.78, 5) is 11.4. The summed E-state index contributed by atoms with van der Waals surface area (Å²) >= 11 is 0. The van der Waals surface area contributed by atoms with E-state index in [2.05, 4.69) is 39.0 Å². The lowest BCUT2D eigenvalue weighted by Gasteiger charge is -2.52. The third-order valence-electron chi connectivity index (χ3n) is 7.49. The van der Waals surface area contributed by atoms with Crippen molar-refractivity contribution in [2.45, 2.75) is 65.2 Å². The first-order valence-electron chi connectivity index (χ1n) is 9.43. The summed E-state index contributed by atoms with van der Waals surface area (Å²) in [5.41, 5.74) is 7.72. The molecule has 1 N–H and O–H groups in total. The average Bonchev–Trinajstić information content (AvgIpc) is 2.56. The molecule has 0 bridgehead atoms. The number of aryl methyl sites for hydroxylation is 1. The first-order chi connectivity index (χ1) is 11.4. The summed E-state index contributed by atoms with van der Waals surface area (Å²) in [6.07, 6.45) is 8.60. The minimum absolute atomic E-state index is 0.165. The van der Waals surface area contributed by atoms with Gasteiger partial charge in [0.15, 0.2) is 0 Å². The lowest BCUT2D eigenvalue weighted by molar-refractivity contribution is -0.143. The number of rotatable bonds is 1. The summed E-state index contributed by atoms with van der Waals surface area (Å²) in [6.45, 7) is 6.91. The molecule has 3 aliphatic rings. The molecule has 4 atom stereocenters. The van der Waals surface area contributed by atoms with Gasteiger partial charge in [-0.3, -0.25) is 4.79 Å². The van der Waals surface area contributed by atoms with E-state index in [1.54, 1.807) is 11.1 Å². The molecule has 4 rings (SSSR count). The topological polar surface area (TPSA) is 37.3 Å². The van der Waals surface area contributed by atoms with E-state index in [1.165, 1.54) is 29.5 Å². The molecular weight excluding hydrogens is 296 g/mol. The minimum atomic E-state index is -0.611. The second-order valence-corrected chi connectivity index (χ2v) is 8.49. The second kappa shape index (κ2) is 5.47. The standard InChI is InChI=1S/C22H28O2/c1-13-4-6-18-17(14(13)2)8-9-20-19(18)7-5-16-12-15(21(23)24)10-11-22(16,20)3/h4-6,15,19-20H,7-12H2,1-3H3,(H,23,24)/t15-,19+,20+,22-/m0/s1. The second-order valence-electron chi connectivity index (χ2n) is 8.49. The number of allylic oxidation sites excluding steroid dienone is 2. The van der Waals surface area contributed by atoms with E-state index in [-0.39, 0.29) is 11.3 Å². The zero-order chi connectivity index (χ0) is 17.1. The Labute approximate surface area is 145 Å². The van der Waals surface area contributed by atoms with Gasteiger partial charge in [-0.2, -0.15) is 0 Å². The monoisotopic (exact) mass is 324 g/mol. The molecular formula is C22H28O2. The number of carbonyl (C=O) groups is 1. The van der Waals surface area contributed by atoms with Crippen LogP contribution in [0.3, 0.4) is 0 Å². The van der Waals surface area contributed by atoms with Gasteiger partial charge in [-0.25, -0.2) is 0 Å². The van der Waals surface area contributed by atoms with Crippen LogP contribution in [0, 0.1) is 31.1 Å². The van der Waals surface area contributed by atoms with Crippen molar-refractivity contribution in [1.29, 1.82) is 0 Å². The Balaban J connectivity index is 1.72. The summed E-state index contributed by atoms with van der Waals surface area (Å²) in [5, 5.41) is 9.40. The van der Waals surface area contributed by atoms with Crippen LogP contribution >= 0.6 is 0 Å². The fourth-order valence-electron chi connectivity index (χ4n) is 5.80. The fourth-order valence-corrected chi connectivity index (χ4v) is 5.80. The van der Waals surface area contributed by atoms with E-state index in [4.69, 9.17) is 0 Å². The fraction of sp³-hybridized carbons (Fsp3) is 0.591. The zero-order valence-electron chi connectivity index (χ0n) is 15.1. The van der Waals surface area contributed by atoms with E-state index in [0.29, 0.717) is 11.8 Å². The third kappa shape index (κ3) is 2.18. The molecule has 0 radical (unpaired) electrons. The lowest BCUT2D eigenvalue weighted by atomic mass is 9.52. The van der Waals surface area contributed by atoms with Crippen molar-refractivity contribution in [2.24, 2.45) is 17.3 Å². The Kier molecular flexibility index (Phi) is 3.63. The smallest absolute Gasteiger partial charge is 0.306 e. The van der Waals surface area contributed by atoms with Crippen LogP contribution < -0.4 is 0 Å². The molecule has 0 aliphatic heterocycles. The highest BCUT2D eigenvalue weighted by Gasteiger charge is 2.49. The van der Waals surface area contributed by atoms with Gasteiger partial charge >= 0.3 is 5.97 Å².